The SMILES string of the molecule is COc1ccccc1OCC/C=C1\C(=O)NC(=S)N(c2ccc(Oc3ccccc3)cc2)C1=O. The maximum absolute atomic E-state index is 13.1. The largest absolute Gasteiger partial charge is 0.493 e. The van der Waals surface area contributed by atoms with Crippen molar-refractivity contribution in [2.45, 2.75) is 6.42 Å². The molecule has 3 aromatic rings. The number of methoxy groups -OCH3 is 1. The molecule has 0 radical (unpaired) electrons. The van der Waals surface area contributed by atoms with E-state index in [1.807, 2.05) is 42.5 Å². The van der Waals surface area contributed by atoms with Gasteiger partial charge in [-0.25, -0.2) is 0 Å². The molecule has 1 fully saturated rings. The van der Waals surface area contributed by atoms with Crippen molar-refractivity contribution in [1.82, 2.24) is 5.32 Å². The summed E-state index contributed by atoms with van der Waals surface area (Å²) in [7, 11) is 1.56. The number of nitrogens with one attached hydrogen (secondary N) is 1. The fourth-order valence-electron chi connectivity index (χ4n) is 3.34. The molecule has 7 nitrogen and oxygen atoms in total. The molecule has 172 valence electrons. The van der Waals surface area contributed by atoms with Crippen molar-refractivity contribution >= 4 is 34.8 Å². The number of nitrogens with zero attached hydrogens (tertiary/aromatic N) is 1. The highest BCUT2D eigenvalue weighted by Gasteiger charge is 2.34. The van der Waals surface area contributed by atoms with Crippen molar-refractivity contribution in [1.29, 1.82) is 0 Å². The van der Waals surface area contributed by atoms with Crippen LogP contribution in [0, 0.1) is 0 Å². The summed E-state index contributed by atoms with van der Waals surface area (Å²) in [5.74, 6) is 1.47. The quantitative estimate of drug-likeness (QED) is 0.222. The summed E-state index contributed by atoms with van der Waals surface area (Å²) < 4.78 is 16.8. The number of hydrogen-bond acceptors (Lipinski definition) is 6. The third-order valence-corrected chi connectivity index (χ3v) is 5.25. The number of carbonyl (C=O) groups is 2. The Morgan fingerprint density at radius 1 is 0.882 bits per heavy atom. The number of hydrogen-bond donors (Lipinski definition) is 1. The van der Waals surface area contributed by atoms with Crippen molar-refractivity contribution < 1.29 is 23.8 Å². The molecular formula is C26H22N2O5S. The predicted octanol–water partition coefficient (Wildman–Crippen LogP) is 4.63. The van der Waals surface area contributed by atoms with Gasteiger partial charge in [-0.3, -0.25) is 19.8 Å². The molecule has 1 aliphatic heterocycles. The number of amides is 2. The molecule has 0 unspecified atom stereocenters. The van der Waals surface area contributed by atoms with Gasteiger partial charge in [0.15, 0.2) is 16.6 Å². The van der Waals surface area contributed by atoms with Gasteiger partial charge >= 0.3 is 0 Å². The molecule has 0 atom stereocenters. The van der Waals surface area contributed by atoms with Gasteiger partial charge in [0.05, 0.1) is 19.4 Å². The van der Waals surface area contributed by atoms with E-state index < -0.39 is 11.8 Å². The normalized spacial score (nSPS) is 14.7. The van der Waals surface area contributed by atoms with Crippen molar-refractivity contribution in [2.75, 3.05) is 18.6 Å². The van der Waals surface area contributed by atoms with Crippen LogP contribution in [0.25, 0.3) is 0 Å². The highest BCUT2D eigenvalue weighted by atomic mass is 32.1. The van der Waals surface area contributed by atoms with E-state index in [-0.39, 0.29) is 17.3 Å². The molecule has 1 heterocycles. The van der Waals surface area contributed by atoms with Gasteiger partial charge in [-0.15, -0.1) is 0 Å². The smallest absolute Gasteiger partial charge is 0.269 e. The van der Waals surface area contributed by atoms with Crippen LogP contribution < -0.4 is 24.4 Å². The summed E-state index contributed by atoms with van der Waals surface area (Å²) in [5, 5.41) is 2.60. The standard InChI is InChI=1S/C26H22N2O5S/c1-31-22-11-5-6-12-23(22)32-17-7-10-21-24(29)27-26(34)28(25(21)30)18-13-15-20(16-14-18)33-19-8-3-2-4-9-19/h2-6,8-16H,7,17H2,1H3,(H,27,29,34)/b21-10+. The number of carbonyl (C=O) groups excluding carboxylic acids is 2. The second-order valence-electron chi connectivity index (χ2n) is 7.21. The third-order valence-electron chi connectivity index (χ3n) is 4.97. The average Bonchev–Trinajstić information content (AvgIpc) is 2.85. The first-order valence-electron chi connectivity index (χ1n) is 10.6. The van der Waals surface area contributed by atoms with Gasteiger partial charge in [0.2, 0.25) is 0 Å². The zero-order chi connectivity index (χ0) is 23.9. The van der Waals surface area contributed by atoms with Crippen molar-refractivity contribution in [3.05, 3.63) is 90.5 Å². The number of thiocarbonyl (C=S) groups is 1. The van der Waals surface area contributed by atoms with E-state index in [0.717, 1.165) is 0 Å². The first-order valence-corrected chi connectivity index (χ1v) is 11.0. The Balaban J connectivity index is 1.44. The molecule has 1 N–H and O–H groups in total. The van der Waals surface area contributed by atoms with E-state index in [4.69, 9.17) is 26.4 Å². The van der Waals surface area contributed by atoms with Crippen LogP contribution >= 0.6 is 12.2 Å². The van der Waals surface area contributed by atoms with Gasteiger partial charge in [0, 0.05) is 6.42 Å². The Labute approximate surface area is 202 Å². The van der Waals surface area contributed by atoms with Crippen LogP contribution in [0.3, 0.4) is 0 Å². The summed E-state index contributed by atoms with van der Waals surface area (Å²) in [6.45, 7) is 0.264. The fraction of sp³-hybridized carbons (Fsp3) is 0.115. The maximum Gasteiger partial charge on any atom is 0.269 e. The Morgan fingerprint density at radius 2 is 1.53 bits per heavy atom. The molecule has 4 rings (SSSR count). The van der Waals surface area contributed by atoms with Crippen LogP contribution in [0.15, 0.2) is 90.5 Å². The highest BCUT2D eigenvalue weighted by molar-refractivity contribution is 7.80. The molecular weight excluding hydrogens is 452 g/mol. The Hall–Kier alpha value is -4.17. The van der Waals surface area contributed by atoms with Crippen LogP contribution in [-0.2, 0) is 9.59 Å². The van der Waals surface area contributed by atoms with Crippen LogP contribution in [0.2, 0.25) is 0 Å². The van der Waals surface area contributed by atoms with E-state index in [2.05, 4.69) is 5.32 Å². The zero-order valence-corrected chi connectivity index (χ0v) is 19.2. The Morgan fingerprint density at radius 3 is 2.24 bits per heavy atom. The molecule has 2 amide bonds. The number of rotatable bonds is 8. The summed E-state index contributed by atoms with van der Waals surface area (Å²) in [5.41, 5.74) is 0.522. The molecule has 0 saturated carbocycles. The minimum Gasteiger partial charge on any atom is -0.493 e. The van der Waals surface area contributed by atoms with Gasteiger partial charge < -0.3 is 14.2 Å². The lowest BCUT2D eigenvalue weighted by molar-refractivity contribution is -0.122. The molecule has 8 heteroatoms. The lowest BCUT2D eigenvalue weighted by Gasteiger charge is -2.29. The molecule has 0 bridgehead atoms. The topological polar surface area (TPSA) is 77.1 Å². The fourth-order valence-corrected chi connectivity index (χ4v) is 3.62. The monoisotopic (exact) mass is 474 g/mol. The first kappa shape index (κ1) is 23.0. The third kappa shape index (κ3) is 5.24. The maximum atomic E-state index is 13.1. The molecule has 3 aromatic carbocycles. The van der Waals surface area contributed by atoms with Gasteiger partial charge in [-0.05, 0) is 60.7 Å². The van der Waals surface area contributed by atoms with Gasteiger partial charge in [-0.2, -0.15) is 0 Å². The van der Waals surface area contributed by atoms with E-state index in [1.54, 1.807) is 49.6 Å². The van der Waals surface area contributed by atoms with Crippen molar-refractivity contribution in [2.24, 2.45) is 0 Å². The number of anilines is 1. The van der Waals surface area contributed by atoms with E-state index in [1.165, 1.54) is 4.90 Å². The van der Waals surface area contributed by atoms with Crippen LogP contribution in [0.1, 0.15) is 6.42 Å². The summed E-state index contributed by atoms with van der Waals surface area (Å²) in [6.07, 6.45) is 1.89. The molecule has 1 aliphatic rings. The second-order valence-corrected chi connectivity index (χ2v) is 7.60. The molecule has 1 saturated heterocycles. The van der Waals surface area contributed by atoms with Gasteiger partial charge in [-0.1, -0.05) is 36.4 Å². The van der Waals surface area contributed by atoms with Crippen molar-refractivity contribution in [3.63, 3.8) is 0 Å². The highest BCUT2D eigenvalue weighted by Crippen LogP contribution is 2.27. The second kappa shape index (κ2) is 10.6. The lowest BCUT2D eigenvalue weighted by atomic mass is 10.1. The molecule has 0 aromatic heterocycles. The van der Waals surface area contributed by atoms with Crippen LogP contribution in [-0.4, -0.2) is 30.6 Å². The van der Waals surface area contributed by atoms with Crippen LogP contribution in [0.5, 0.6) is 23.0 Å². The summed E-state index contributed by atoms with van der Waals surface area (Å²) >= 11 is 5.26. The van der Waals surface area contributed by atoms with Crippen LogP contribution in [0.4, 0.5) is 5.69 Å². The van der Waals surface area contributed by atoms with E-state index in [0.29, 0.717) is 35.1 Å². The Bertz CT molecular complexity index is 1230. The average molecular weight is 475 g/mol. The molecule has 34 heavy (non-hydrogen) atoms. The van der Waals surface area contributed by atoms with Gasteiger partial charge in [0.25, 0.3) is 11.8 Å². The molecule has 0 spiro atoms. The number of ether oxygens (including phenoxy) is 3. The molecule has 0 aliphatic carbocycles. The minimum atomic E-state index is -0.535. The van der Waals surface area contributed by atoms with E-state index >= 15 is 0 Å². The summed E-state index contributed by atoms with van der Waals surface area (Å²) in [6, 6.07) is 23.5. The van der Waals surface area contributed by atoms with E-state index in [9.17, 15) is 9.59 Å². The van der Waals surface area contributed by atoms with Crippen molar-refractivity contribution in [3.8, 4) is 23.0 Å². The Kier molecular flexibility index (Phi) is 7.19. The predicted molar refractivity (Wildman–Crippen MR) is 132 cm³/mol. The minimum absolute atomic E-state index is 0.00170. The lowest BCUT2D eigenvalue weighted by Crippen LogP contribution is -2.54. The number of para-hydroxylation sites is 3. The zero-order valence-electron chi connectivity index (χ0n) is 18.4. The van der Waals surface area contributed by atoms with Gasteiger partial charge in [0.1, 0.15) is 17.1 Å². The summed E-state index contributed by atoms with van der Waals surface area (Å²) in [4.78, 5) is 26.8. The first-order chi connectivity index (χ1) is 16.6. The number of benzene rings is 3.